The molecule has 2 aliphatic rings. The molecule has 0 radical (unpaired) electrons. The molecule has 0 aromatic heterocycles. The molecule has 0 atom stereocenters. The summed E-state index contributed by atoms with van der Waals surface area (Å²) in [4.78, 5) is 25.8. The van der Waals surface area contributed by atoms with Crippen LogP contribution in [-0.4, -0.2) is 34.3 Å². The van der Waals surface area contributed by atoms with Crippen LogP contribution in [-0.2, 0) is 6.61 Å². The van der Waals surface area contributed by atoms with Gasteiger partial charge in [-0.3, -0.25) is 9.59 Å². The molecular weight excluding hydrogens is 733 g/mol. The topological polar surface area (TPSA) is 52.6 Å². The highest BCUT2D eigenvalue weighted by Crippen LogP contribution is 2.46. The zero-order valence-corrected chi connectivity index (χ0v) is 36.1. The Hall–Kier alpha value is -5.85. The minimum absolute atomic E-state index is 0. The van der Waals surface area contributed by atoms with Crippen LogP contribution in [0.2, 0.25) is 39.3 Å². The molecule has 288 valence electrons. The van der Waals surface area contributed by atoms with E-state index in [1.54, 1.807) is 6.07 Å². The Balaban J connectivity index is 0.000000214. The number of ether oxygens (including phenoxy) is 2. The highest BCUT2D eigenvalue weighted by molar-refractivity contribution is 6.90. The van der Waals surface area contributed by atoms with E-state index in [-0.39, 0.29) is 25.6 Å². The lowest BCUT2D eigenvalue weighted by Gasteiger charge is -2.31. The van der Waals surface area contributed by atoms with Crippen molar-refractivity contribution in [2.45, 2.75) is 81.0 Å². The third-order valence-electron chi connectivity index (χ3n) is 9.54. The van der Waals surface area contributed by atoms with Crippen LogP contribution in [0.4, 0.5) is 0 Å². The van der Waals surface area contributed by atoms with Gasteiger partial charge in [-0.25, -0.2) is 0 Å². The van der Waals surface area contributed by atoms with Gasteiger partial charge in [0, 0.05) is 27.8 Å². The van der Waals surface area contributed by atoms with E-state index in [9.17, 15) is 9.59 Å². The lowest BCUT2D eigenvalue weighted by Crippen LogP contribution is -2.44. The summed E-state index contributed by atoms with van der Waals surface area (Å²) in [6, 6.07) is 27.9. The standard InChI is InChI=1S/2C25H24O2Si.CH4/c1-14-10-15(2)22-19-12-18-16-8-6-7-9-17(16)24(26)23(18)25(28(3,4)5)20(19)13-27-21(22)11-14;1-20-17-21(2)19-23(18-20)27-15-10-6-7-11-22-12-8-9-13-24(22)25(26)14-16-28(3,4)5;/h6-12H,13H2,1-5H3;8-9,12-13,17-19H,15H2,1-5H3;1H4. The number of Topliss-reactive ketones (excluding diaryl/α,β-unsaturated/α-hetero) is 1. The minimum Gasteiger partial charge on any atom is -0.488 e. The van der Waals surface area contributed by atoms with Crippen LogP contribution in [0.1, 0.15) is 67.1 Å². The molecule has 1 heterocycles. The van der Waals surface area contributed by atoms with Crippen LogP contribution < -0.4 is 14.7 Å². The monoisotopic (exact) mass is 784 g/mol. The van der Waals surface area contributed by atoms with Gasteiger partial charge in [-0.1, -0.05) is 101 Å². The van der Waals surface area contributed by atoms with E-state index >= 15 is 0 Å². The Morgan fingerprint density at radius 3 is 2.07 bits per heavy atom. The van der Waals surface area contributed by atoms with Crippen molar-refractivity contribution in [2.24, 2.45) is 0 Å². The molecule has 0 bridgehead atoms. The molecule has 0 unspecified atom stereocenters. The SMILES string of the molecule is C.Cc1cc(C)c2c(c1)OCc1c-2cc2c(c1[Si](C)(C)C)C(=O)c1ccccc1-2.Cc1cc(C)cc(OCC#CC#Cc2ccccc2C(=O)C#C[Si](C)(C)C)c1. The third-order valence-corrected chi connectivity index (χ3v) is 12.5. The molecule has 1 aliphatic heterocycles. The van der Waals surface area contributed by atoms with E-state index in [1.165, 1.54) is 33.0 Å². The second-order valence-corrected chi connectivity index (χ2v) is 26.4. The number of carbonyl (C=O) groups is 2. The van der Waals surface area contributed by atoms with Crippen LogP contribution in [0.5, 0.6) is 11.5 Å². The molecule has 0 N–H and O–H groups in total. The number of carbonyl (C=O) groups excluding carboxylic acids is 2. The molecule has 0 saturated heterocycles. The molecule has 5 aromatic carbocycles. The lowest BCUT2D eigenvalue weighted by molar-refractivity contribution is 0.104. The van der Waals surface area contributed by atoms with Crippen LogP contribution in [0.3, 0.4) is 0 Å². The van der Waals surface area contributed by atoms with Crippen LogP contribution in [0.15, 0.2) is 84.9 Å². The van der Waals surface area contributed by atoms with E-state index in [0.717, 1.165) is 44.9 Å². The van der Waals surface area contributed by atoms with Crippen molar-refractivity contribution in [3.05, 3.63) is 135 Å². The molecule has 57 heavy (non-hydrogen) atoms. The van der Waals surface area contributed by atoms with Gasteiger partial charge in [-0.2, -0.15) is 0 Å². The quantitative estimate of drug-likeness (QED) is 0.101. The first-order valence-corrected chi connectivity index (χ1v) is 26.0. The van der Waals surface area contributed by atoms with Crippen molar-refractivity contribution in [1.29, 1.82) is 0 Å². The third kappa shape index (κ3) is 9.58. The second kappa shape index (κ2) is 17.1. The predicted molar refractivity (Wildman–Crippen MR) is 242 cm³/mol. The number of ketones is 2. The molecule has 7 rings (SSSR count). The number of aryl methyl sites for hydroxylation is 4. The Labute approximate surface area is 342 Å². The molecule has 1 aliphatic carbocycles. The summed E-state index contributed by atoms with van der Waals surface area (Å²) in [6.45, 7) is 22.4. The van der Waals surface area contributed by atoms with Crippen LogP contribution in [0, 0.1) is 62.8 Å². The molecular formula is C51H52O4Si2. The zero-order chi connectivity index (χ0) is 40.4. The lowest BCUT2D eigenvalue weighted by atomic mass is 9.88. The second-order valence-electron chi connectivity index (χ2n) is 16.6. The molecule has 5 aromatic rings. The van der Waals surface area contributed by atoms with Gasteiger partial charge in [0.05, 0.1) is 8.07 Å². The Morgan fingerprint density at radius 1 is 0.737 bits per heavy atom. The van der Waals surface area contributed by atoms with Crippen molar-refractivity contribution < 1.29 is 19.1 Å². The summed E-state index contributed by atoms with van der Waals surface area (Å²) >= 11 is 0. The van der Waals surface area contributed by atoms with Gasteiger partial charge in [-0.15, -0.1) is 5.54 Å². The van der Waals surface area contributed by atoms with Gasteiger partial charge in [0.25, 0.3) is 0 Å². The molecule has 0 fully saturated rings. The fourth-order valence-corrected chi connectivity index (χ4v) is 9.98. The average Bonchev–Trinajstić information content (AvgIpc) is 3.40. The summed E-state index contributed by atoms with van der Waals surface area (Å²) in [6.07, 6.45) is 0. The number of hydrogen-bond donors (Lipinski definition) is 0. The molecule has 0 amide bonds. The van der Waals surface area contributed by atoms with Crippen LogP contribution >= 0.6 is 0 Å². The van der Waals surface area contributed by atoms with E-state index in [4.69, 9.17) is 9.47 Å². The van der Waals surface area contributed by atoms with Gasteiger partial charge in [0.2, 0.25) is 5.78 Å². The molecule has 0 saturated carbocycles. The normalized spacial score (nSPS) is 11.7. The first-order chi connectivity index (χ1) is 26.5. The van der Waals surface area contributed by atoms with Gasteiger partial charge in [0.15, 0.2) is 5.78 Å². The smallest absolute Gasteiger partial charge is 0.236 e. The maximum Gasteiger partial charge on any atom is 0.236 e. The number of hydrogen-bond acceptors (Lipinski definition) is 4. The summed E-state index contributed by atoms with van der Waals surface area (Å²) in [5.41, 5.74) is 16.6. The van der Waals surface area contributed by atoms with E-state index < -0.39 is 16.1 Å². The van der Waals surface area contributed by atoms with Crippen molar-refractivity contribution in [2.75, 3.05) is 6.61 Å². The molecule has 6 heteroatoms. The summed E-state index contributed by atoms with van der Waals surface area (Å²) in [5.74, 6) is 15.9. The largest absolute Gasteiger partial charge is 0.488 e. The van der Waals surface area contributed by atoms with Gasteiger partial charge >= 0.3 is 0 Å². The molecule has 4 nitrogen and oxygen atoms in total. The molecule has 0 spiro atoms. The van der Waals surface area contributed by atoms with Crippen molar-refractivity contribution >= 4 is 32.9 Å². The summed E-state index contributed by atoms with van der Waals surface area (Å²) in [7, 11) is -3.40. The number of fused-ring (bicyclic) bond motifs is 6. The zero-order valence-electron chi connectivity index (χ0n) is 34.1. The van der Waals surface area contributed by atoms with E-state index in [1.807, 2.05) is 62.4 Å². The minimum atomic E-state index is -1.80. The number of rotatable bonds is 4. The Bertz CT molecular complexity index is 2580. The van der Waals surface area contributed by atoms with E-state index in [0.29, 0.717) is 17.7 Å². The maximum atomic E-state index is 13.4. The van der Waals surface area contributed by atoms with Gasteiger partial charge < -0.3 is 9.47 Å². The van der Waals surface area contributed by atoms with Crippen LogP contribution in [0.25, 0.3) is 22.3 Å². The van der Waals surface area contributed by atoms with E-state index in [2.05, 4.69) is 119 Å². The summed E-state index contributed by atoms with van der Waals surface area (Å²) in [5, 5.41) is 1.27. The fraction of sp³-hybridized carbons (Fsp3) is 0.255. The summed E-state index contributed by atoms with van der Waals surface area (Å²) < 4.78 is 11.9. The predicted octanol–water partition coefficient (Wildman–Crippen LogP) is 11.1. The first kappa shape index (κ1) is 42.3. The van der Waals surface area contributed by atoms with Gasteiger partial charge in [0.1, 0.15) is 32.8 Å². The number of benzene rings is 5. The maximum absolute atomic E-state index is 13.4. The first-order valence-electron chi connectivity index (χ1n) is 19.0. The highest BCUT2D eigenvalue weighted by atomic mass is 28.3. The van der Waals surface area contributed by atoms with Crippen molar-refractivity contribution in [3.8, 4) is 68.9 Å². The fourth-order valence-electron chi connectivity index (χ4n) is 7.38. The Kier molecular flexibility index (Phi) is 12.7. The van der Waals surface area contributed by atoms with Crippen molar-refractivity contribution in [1.82, 2.24) is 0 Å². The average molecular weight is 785 g/mol. The highest BCUT2D eigenvalue weighted by Gasteiger charge is 2.38. The van der Waals surface area contributed by atoms with Gasteiger partial charge in [-0.05, 0) is 137 Å². The van der Waals surface area contributed by atoms with Crippen molar-refractivity contribution in [3.63, 3.8) is 0 Å². The Morgan fingerprint density at radius 2 is 1.39 bits per heavy atom.